The number of aromatic nitrogens is 3. The van der Waals surface area contributed by atoms with Gasteiger partial charge in [0.1, 0.15) is 0 Å². The molecule has 1 aliphatic heterocycles. The summed E-state index contributed by atoms with van der Waals surface area (Å²) in [6.07, 6.45) is 9.31. The van der Waals surface area contributed by atoms with Crippen molar-refractivity contribution >= 4 is 0 Å². The number of aromatic amines is 1. The van der Waals surface area contributed by atoms with Crippen molar-refractivity contribution in [1.82, 2.24) is 20.1 Å². The number of benzene rings is 1. The second-order valence-corrected chi connectivity index (χ2v) is 7.45. The number of hydrogen-bond acceptors (Lipinski definition) is 6. The van der Waals surface area contributed by atoms with Crippen LogP contribution in [0.3, 0.4) is 0 Å². The maximum absolute atomic E-state index is 5.53. The number of piperidine rings is 1. The summed E-state index contributed by atoms with van der Waals surface area (Å²) in [6.45, 7) is 1.86. The van der Waals surface area contributed by atoms with Crippen LogP contribution in [0.15, 0.2) is 42.9 Å². The van der Waals surface area contributed by atoms with Gasteiger partial charge in [-0.05, 0) is 43.1 Å². The molecule has 1 aromatic carbocycles. The van der Waals surface area contributed by atoms with Gasteiger partial charge in [0.25, 0.3) is 0 Å². The molecule has 0 unspecified atom stereocenters. The van der Waals surface area contributed by atoms with Gasteiger partial charge in [0.05, 0.1) is 33.2 Å². The Morgan fingerprint density at radius 2 is 1.87 bits per heavy atom. The van der Waals surface area contributed by atoms with Gasteiger partial charge in [-0.25, -0.2) is 0 Å². The van der Waals surface area contributed by atoms with Crippen LogP contribution >= 0.6 is 0 Å². The summed E-state index contributed by atoms with van der Waals surface area (Å²) < 4.78 is 16.5. The van der Waals surface area contributed by atoms with E-state index in [-0.39, 0.29) is 0 Å². The van der Waals surface area contributed by atoms with Crippen molar-refractivity contribution in [2.24, 2.45) is 0 Å². The van der Waals surface area contributed by atoms with Gasteiger partial charge in [0, 0.05) is 36.1 Å². The summed E-state index contributed by atoms with van der Waals surface area (Å²) in [5.41, 5.74) is 4.33. The van der Waals surface area contributed by atoms with Crippen molar-refractivity contribution in [3.63, 3.8) is 0 Å². The van der Waals surface area contributed by atoms with Crippen LogP contribution in [0.1, 0.15) is 36.4 Å². The highest BCUT2D eigenvalue weighted by molar-refractivity contribution is 5.70. The fraction of sp³-hybridized carbons (Fsp3) is 0.391. The molecule has 0 amide bonds. The molecule has 7 nitrogen and oxygen atoms in total. The summed E-state index contributed by atoms with van der Waals surface area (Å²) in [6, 6.07) is 8.46. The Kier molecular flexibility index (Phi) is 6.18. The van der Waals surface area contributed by atoms with E-state index in [2.05, 4.69) is 26.1 Å². The third-order valence-corrected chi connectivity index (χ3v) is 5.73. The van der Waals surface area contributed by atoms with Gasteiger partial charge in [0.2, 0.25) is 5.75 Å². The van der Waals surface area contributed by atoms with E-state index in [9.17, 15) is 0 Å². The number of pyridine rings is 1. The van der Waals surface area contributed by atoms with E-state index in [1.807, 2.05) is 36.8 Å². The first-order valence-electron chi connectivity index (χ1n) is 10.2. The van der Waals surface area contributed by atoms with Crippen molar-refractivity contribution in [2.75, 3.05) is 27.9 Å². The first-order chi connectivity index (χ1) is 14.7. The Labute approximate surface area is 177 Å². The number of hydrogen-bond donors (Lipinski definition) is 1. The minimum Gasteiger partial charge on any atom is -0.493 e. The number of ether oxygens (including phenoxy) is 3. The molecule has 7 heteroatoms. The SMILES string of the molecule is COc1cc(-c2[nH]ncc2CN2CCCC[C@H]2c2cccnc2)cc(OC)c1OC. The summed E-state index contributed by atoms with van der Waals surface area (Å²) in [4.78, 5) is 6.85. The zero-order chi connectivity index (χ0) is 20.9. The van der Waals surface area contributed by atoms with Gasteiger partial charge in [-0.2, -0.15) is 5.10 Å². The average molecular weight is 409 g/mol. The van der Waals surface area contributed by atoms with Crippen LogP contribution in [0.2, 0.25) is 0 Å². The maximum atomic E-state index is 5.53. The number of nitrogens with one attached hydrogen (secondary N) is 1. The largest absolute Gasteiger partial charge is 0.493 e. The smallest absolute Gasteiger partial charge is 0.203 e. The number of H-pyrrole nitrogens is 1. The normalized spacial score (nSPS) is 17.0. The summed E-state index contributed by atoms with van der Waals surface area (Å²) in [5, 5.41) is 7.50. The van der Waals surface area contributed by atoms with E-state index >= 15 is 0 Å². The molecule has 0 saturated carbocycles. The van der Waals surface area contributed by atoms with Crippen molar-refractivity contribution in [3.05, 3.63) is 54.0 Å². The van der Waals surface area contributed by atoms with Gasteiger partial charge in [-0.1, -0.05) is 12.5 Å². The van der Waals surface area contributed by atoms with Crippen LogP contribution in [0.4, 0.5) is 0 Å². The van der Waals surface area contributed by atoms with Gasteiger partial charge >= 0.3 is 0 Å². The molecule has 1 fully saturated rings. The lowest BCUT2D eigenvalue weighted by molar-refractivity contribution is 0.140. The second-order valence-electron chi connectivity index (χ2n) is 7.45. The molecular formula is C23H28N4O3. The molecule has 1 atom stereocenters. The minimum absolute atomic E-state index is 0.370. The molecule has 1 aliphatic rings. The van der Waals surface area contributed by atoms with Crippen LogP contribution in [0.25, 0.3) is 11.3 Å². The zero-order valence-electron chi connectivity index (χ0n) is 17.7. The lowest BCUT2D eigenvalue weighted by Crippen LogP contribution is -2.33. The summed E-state index contributed by atoms with van der Waals surface area (Å²) >= 11 is 0. The van der Waals surface area contributed by atoms with Gasteiger partial charge in [-0.15, -0.1) is 0 Å². The molecular weight excluding hydrogens is 380 g/mol. The van der Waals surface area contributed by atoms with E-state index in [1.165, 1.54) is 18.4 Å². The Bertz CT molecular complexity index is 949. The van der Waals surface area contributed by atoms with E-state index in [1.54, 1.807) is 21.3 Å². The fourth-order valence-electron chi connectivity index (χ4n) is 4.26. The summed E-state index contributed by atoms with van der Waals surface area (Å²) in [7, 11) is 4.86. The molecule has 0 radical (unpaired) electrons. The van der Waals surface area contributed by atoms with Crippen LogP contribution in [0, 0.1) is 0 Å². The number of likely N-dealkylation sites (tertiary alicyclic amines) is 1. The predicted molar refractivity (Wildman–Crippen MR) is 115 cm³/mol. The standard InChI is InChI=1S/C23H28N4O3/c1-28-20-11-17(12-21(29-2)23(20)30-3)22-18(14-25-26-22)15-27-10-5-4-8-19(27)16-7-6-9-24-13-16/h6-7,9,11-14,19H,4-5,8,10,15H2,1-3H3,(H,25,26)/t19-/m0/s1. The molecule has 0 aliphatic carbocycles. The molecule has 0 bridgehead atoms. The quantitative estimate of drug-likeness (QED) is 0.631. The van der Waals surface area contributed by atoms with Crippen molar-refractivity contribution in [2.45, 2.75) is 31.8 Å². The highest BCUT2D eigenvalue weighted by Crippen LogP contribution is 2.42. The molecule has 0 spiro atoms. The summed E-state index contributed by atoms with van der Waals surface area (Å²) in [5.74, 6) is 1.83. The van der Waals surface area contributed by atoms with E-state index < -0.39 is 0 Å². The third kappa shape index (κ3) is 3.98. The number of nitrogens with zero attached hydrogens (tertiary/aromatic N) is 3. The van der Waals surface area contributed by atoms with E-state index in [4.69, 9.17) is 14.2 Å². The fourth-order valence-corrected chi connectivity index (χ4v) is 4.26. The van der Waals surface area contributed by atoms with Crippen LogP contribution in [-0.2, 0) is 6.54 Å². The van der Waals surface area contributed by atoms with Gasteiger partial charge in [-0.3, -0.25) is 15.0 Å². The average Bonchev–Trinajstić information content (AvgIpc) is 3.27. The third-order valence-electron chi connectivity index (χ3n) is 5.73. The zero-order valence-corrected chi connectivity index (χ0v) is 17.7. The topological polar surface area (TPSA) is 72.5 Å². The minimum atomic E-state index is 0.370. The first-order valence-corrected chi connectivity index (χ1v) is 10.2. The van der Waals surface area contributed by atoms with Gasteiger partial charge in [0.15, 0.2) is 11.5 Å². The lowest BCUT2D eigenvalue weighted by atomic mass is 9.95. The highest BCUT2D eigenvalue weighted by atomic mass is 16.5. The predicted octanol–water partition coefficient (Wildman–Crippen LogP) is 4.22. The molecule has 4 rings (SSSR count). The second kappa shape index (κ2) is 9.17. The molecule has 3 aromatic rings. The highest BCUT2D eigenvalue weighted by Gasteiger charge is 2.26. The Morgan fingerprint density at radius 3 is 2.53 bits per heavy atom. The Balaban J connectivity index is 1.65. The van der Waals surface area contributed by atoms with Crippen molar-refractivity contribution in [3.8, 4) is 28.5 Å². The van der Waals surface area contributed by atoms with E-state index in [0.717, 1.165) is 36.3 Å². The maximum Gasteiger partial charge on any atom is 0.203 e. The molecule has 1 N–H and O–H groups in total. The van der Waals surface area contributed by atoms with Crippen molar-refractivity contribution < 1.29 is 14.2 Å². The number of methoxy groups -OCH3 is 3. The first kappa shape index (κ1) is 20.2. The van der Waals surface area contributed by atoms with Crippen LogP contribution < -0.4 is 14.2 Å². The van der Waals surface area contributed by atoms with Crippen LogP contribution in [-0.4, -0.2) is 48.0 Å². The Morgan fingerprint density at radius 1 is 1.07 bits per heavy atom. The van der Waals surface area contributed by atoms with Gasteiger partial charge < -0.3 is 14.2 Å². The molecule has 30 heavy (non-hydrogen) atoms. The molecule has 158 valence electrons. The lowest BCUT2D eigenvalue weighted by Gasteiger charge is -2.35. The van der Waals surface area contributed by atoms with Crippen molar-refractivity contribution in [1.29, 1.82) is 0 Å². The molecule has 2 aromatic heterocycles. The van der Waals surface area contributed by atoms with E-state index in [0.29, 0.717) is 23.3 Å². The number of rotatable bonds is 7. The monoisotopic (exact) mass is 408 g/mol. The molecule has 3 heterocycles. The van der Waals surface area contributed by atoms with Crippen LogP contribution in [0.5, 0.6) is 17.2 Å². The molecule has 1 saturated heterocycles. The Hall–Kier alpha value is -3.06.